The van der Waals surface area contributed by atoms with E-state index in [1.165, 1.54) is 12.8 Å². The fourth-order valence-corrected chi connectivity index (χ4v) is 1.36. The maximum atomic E-state index is 11.0. The molecule has 2 N–H and O–H groups in total. The molecule has 0 aromatic heterocycles. The molecule has 1 rings (SSSR count). The van der Waals surface area contributed by atoms with Crippen molar-refractivity contribution in [1.29, 1.82) is 0 Å². The van der Waals surface area contributed by atoms with Crippen LogP contribution in [0.3, 0.4) is 0 Å². The van der Waals surface area contributed by atoms with Crippen LogP contribution in [0.1, 0.15) is 38.5 Å². The fraction of sp³-hybridized carbons (Fsp3) is 0.875. The number of nitrogens with two attached hydrogens (primary N) is 1. The van der Waals surface area contributed by atoms with E-state index in [9.17, 15) is 4.79 Å². The first-order valence-electron chi connectivity index (χ1n) is 4.09. The van der Waals surface area contributed by atoms with Gasteiger partial charge in [-0.25, -0.2) is 0 Å². The summed E-state index contributed by atoms with van der Waals surface area (Å²) < 4.78 is 0. The second kappa shape index (κ2) is 3.71. The fourth-order valence-electron chi connectivity index (χ4n) is 1.36. The van der Waals surface area contributed by atoms with Crippen molar-refractivity contribution in [3.05, 3.63) is 0 Å². The minimum Gasteiger partial charge on any atom is -0.322 e. The third-order valence-electron chi connectivity index (χ3n) is 2.10. The minimum absolute atomic E-state index is 0.153. The molecule has 0 bridgehead atoms. The predicted molar refractivity (Wildman–Crippen MR) is 40.7 cm³/mol. The number of hydrogen-bond acceptors (Lipinski definition) is 2. The normalized spacial score (nSPS) is 29.3. The van der Waals surface area contributed by atoms with E-state index in [2.05, 4.69) is 0 Å². The van der Waals surface area contributed by atoms with E-state index in [0.29, 0.717) is 6.42 Å². The van der Waals surface area contributed by atoms with Crippen LogP contribution in [0.15, 0.2) is 0 Å². The lowest BCUT2D eigenvalue weighted by molar-refractivity contribution is -0.120. The van der Waals surface area contributed by atoms with Gasteiger partial charge in [-0.05, 0) is 12.8 Å². The highest BCUT2D eigenvalue weighted by atomic mass is 16.1. The summed E-state index contributed by atoms with van der Waals surface area (Å²) in [6.07, 6.45) is 6.25. The molecule has 0 amide bonds. The molecule has 1 fully saturated rings. The second-order valence-corrected chi connectivity index (χ2v) is 3.03. The highest BCUT2D eigenvalue weighted by molar-refractivity contribution is 5.83. The Hall–Kier alpha value is -0.370. The van der Waals surface area contributed by atoms with Gasteiger partial charge in [-0.1, -0.05) is 19.3 Å². The van der Waals surface area contributed by atoms with Gasteiger partial charge in [0.25, 0.3) is 0 Å². The van der Waals surface area contributed by atoms with Gasteiger partial charge in [0.1, 0.15) is 5.78 Å². The molecule has 0 aliphatic heterocycles. The van der Waals surface area contributed by atoms with E-state index in [4.69, 9.17) is 5.73 Å². The van der Waals surface area contributed by atoms with Crippen LogP contribution in [0.25, 0.3) is 0 Å². The first-order valence-corrected chi connectivity index (χ1v) is 4.09. The van der Waals surface area contributed by atoms with E-state index in [0.717, 1.165) is 19.3 Å². The Bertz CT molecular complexity index is 122. The summed E-state index contributed by atoms with van der Waals surface area (Å²) >= 11 is 0. The summed E-state index contributed by atoms with van der Waals surface area (Å²) in [5.41, 5.74) is 5.60. The van der Waals surface area contributed by atoms with Crippen LogP contribution < -0.4 is 5.73 Å². The first-order chi connectivity index (χ1) is 4.80. The van der Waals surface area contributed by atoms with Crippen LogP contribution in [0.4, 0.5) is 0 Å². The lowest BCUT2D eigenvalue weighted by Crippen LogP contribution is -2.30. The van der Waals surface area contributed by atoms with E-state index in [-0.39, 0.29) is 11.8 Å². The number of Topliss-reactive ketones (excluding diaryl/α,β-unsaturated/α-hetero) is 1. The van der Waals surface area contributed by atoms with Crippen molar-refractivity contribution in [1.82, 2.24) is 0 Å². The van der Waals surface area contributed by atoms with Crippen molar-refractivity contribution in [2.75, 3.05) is 0 Å². The van der Waals surface area contributed by atoms with Gasteiger partial charge in [0, 0.05) is 6.42 Å². The van der Waals surface area contributed by atoms with E-state index < -0.39 is 0 Å². The molecule has 1 saturated carbocycles. The third kappa shape index (κ3) is 2.10. The molecule has 0 radical (unpaired) electrons. The quantitative estimate of drug-likeness (QED) is 0.551. The zero-order valence-corrected chi connectivity index (χ0v) is 6.31. The predicted octanol–water partition coefficient (Wildman–Crippen LogP) is 1.24. The van der Waals surface area contributed by atoms with Crippen LogP contribution in [0.5, 0.6) is 0 Å². The Kier molecular flexibility index (Phi) is 2.87. The topological polar surface area (TPSA) is 43.1 Å². The molecule has 1 aliphatic carbocycles. The van der Waals surface area contributed by atoms with Crippen molar-refractivity contribution < 1.29 is 4.79 Å². The summed E-state index contributed by atoms with van der Waals surface area (Å²) in [7, 11) is 0. The molecule has 1 unspecified atom stereocenters. The molecule has 0 aromatic rings. The Morgan fingerprint density at radius 1 is 1.20 bits per heavy atom. The molecular formula is C8H15NO. The lowest BCUT2D eigenvalue weighted by Gasteiger charge is -2.13. The van der Waals surface area contributed by atoms with Crippen molar-refractivity contribution in [3.63, 3.8) is 0 Å². The number of carbonyl (C=O) groups is 1. The van der Waals surface area contributed by atoms with Crippen LogP contribution >= 0.6 is 0 Å². The molecule has 1 atom stereocenters. The molecule has 1 aliphatic rings. The van der Waals surface area contributed by atoms with Crippen LogP contribution in [-0.2, 0) is 4.79 Å². The largest absolute Gasteiger partial charge is 0.322 e. The van der Waals surface area contributed by atoms with Gasteiger partial charge < -0.3 is 5.73 Å². The molecule has 2 nitrogen and oxygen atoms in total. The van der Waals surface area contributed by atoms with E-state index >= 15 is 0 Å². The summed E-state index contributed by atoms with van der Waals surface area (Å²) in [6, 6.07) is -0.153. The Morgan fingerprint density at radius 3 is 2.70 bits per heavy atom. The average Bonchev–Trinajstić information content (AvgIpc) is 1.92. The van der Waals surface area contributed by atoms with E-state index in [1.807, 2.05) is 0 Å². The van der Waals surface area contributed by atoms with Gasteiger partial charge in [0.15, 0.2) is 0 Å². The first kappa shape index (κ1) is 7.73. The highest BCUT2D eigenvalue weighted by Crippen LogP contribution is 2.12. The van der Waals surface area contributed by atoms with E-state index in [1.54, 1.807) is 0 Å². The Labute approximate surface area is 61.8 Å². The van der Waals surface area contributed by atoms with Gasteiger partial charge in [0.2, 0.25) is 0 Å². The lowest BCUT2D eigenvalue weighted by atomic mass is 9.96. The van der Waals surface area contributed by atoms with Crippen LogP contribution in [0.2, 0.25) is 0 Å². The summed E-state index contributed by atoms with van der Waals surface area (Å²) in [5, 5.41) is 0. The molecule has 0 aromatic carbocycles. The van der Waals surface area contributed by atoms with Gasteiger partial charge >= 0.3 is 0 Å². The molecular weight excluding hydrogens is 126 g/mol. The number of hydrogen-bond donors (Lipinski definition) is 1. The van der Waals surface area contributed by atoms with Gasteiger partial charge in [-0.2, -0.15) is 0 Å². The van der Waals surface area contributed by atoms with Gasteiger partial charge in [-0.15, -0.1) is 0 Å². The summed E-state index contributed by atoms with van der Waals surface area (Å²) in [4.78, 5) is 11.0. The Morgan fingerprint density at radius 2 is 1.90 bits per heavy atom. The molecule has 0 spiro atoms. The van der Waals surface area contributed by atoms with Gasteiger partial charge in [0.05, 0.1) is 6.04 Å². The van der Waals surface area contributed by atoms with Crippen molar-refractivity contribution in [3.8, 4) is 0 Å². The molecule has 0 saturated heterocycles. The summed E-state index contributed by atoms with van der Waals surface area (Å²) in [6.45, 7) is 0. The second-order valence-electron chi connectivity index (χ2n) is 3.03. The molecule has 0 heterocycles. The van der Waals surface area contributed by atoms with Crippen molar-refractivity contribution in [2.45, 2.75) is 44.6 Å². The highest BCUT2D eigenvalue weighted by Gasteiger charge is 2.14. The standard InChI is InChI=1S/C8H15NO/c9-7-5-3-1-2-4-6-8(7)10/h7H,1-6,9H2. The van der Waals surface area contributed by atoms with Crippen LogP contribution in [-0.4, -0.2) is 11.8 Å². The smallest absolute Gasteiger partial charge is 0.149 e. The van der Waals surface area contributed by atoms with Crippen molar-refractivity contribution in [2.24, 2.45) is 5.73 Å². The van der Waals surface area contributed by atoms with Crippen molar-refractivity contribution >= 4 is 5.78 Å². The summed E-state index contributed by atoms with van der Waals surface area (Å²) in [5.74, 6) is 0.264. The maximum Gasteiger partial charge on any atom is 0.149 e. The zero-order valence-electron chi connectivity index (χ0n) is 6.31. The van der Waals surface area contributed by atoms with Crippen LogP contribution in [0, 0.1) is 0 Å². The molecule has 58 valence electrons. The third-order valence-corrected chi connectivity index (χ3v) is 2.10. The molecule has 10 heavy (non-hydrogen) atoms. The average molecular weight is 141 g/mol. The monoisotopic (exact) mass is 141 g/mol. The number of carbonyl (C=O) groups excluding carboxylic acids is 1. The Balaban J connectivity index is 2.35. The van der Waals surface area contributed by atoms with Gasteiger partial charge in [-0.3, -0.25) is 4.79 Å². The molecule has 2 heteroatoms. The number of ketones is 1. The zero-order chi connectivity index (χ0) is 7.40. The maximum absolute atomic E-state index is 11.0. The SMILES string of the molecule is NC1CCCCCCC1=O. The number of rotatable bonds is 0. The minimum atomic E-state index is -0.153.